The molecule has 0 fully saturated rings. The molecule has 0 nitrogen and oxygen atoms in total. The number of unbranched alkanes of at least 4 members (excludes halogenated alkanes) is 9. The lowest BCUT2D eigenvalue weighted by molar-refractivity contribution is 0.556. The monoisotopic (exact) mass is 420 g/mol. The van der Waals surface area contributed by atoms with Crippen molar-refractivity contribution in [1.29, 1.82) is 0 Å². The molecule has 162 valence electrons. The van der Waals surface area contributed by atoms with Crippen molar-refractivity contribution < 1.29 is 0 Å². The van der Waals surface area contributed by atoms with E-state index in [2.05, 4.69) is 75.4 Å². The van der Waals surface area contributed by atoms with Gasteiger partial charge in [-0.2, -0.15) is 0 Å². The summed E-state index contributed by atoms with van der Waals surface area (Å²) in [5.74, 6) is 0. The van der Waals surface area contributed by atoms with Crippen LogP contribution in [0.3, 0.4) is 0 Å². The summed E-state index contributed by atoms with van der Waals surface area (Å²) in [6.07, 6.45) is 19.3. The first kappa shape index (κ1) is 24.5. The molecule has 0 heterocycles. The van der Waals surface area contributed by atoms with Gasteiger partial charge in [-0.1, -0.05) is 125 Å². The fraction of sp³-hybridized carbons (Fsp3) is 0.483. The summed E-state index contributed by atoms with van der Waals surface area (Å²) in [5.41, 5.74) is 6.43. The number of benzene rings is 2. The lowest BCUT2D eigenvalue weighted by atomic mass is 10.0. The first-order valence-corrected chi connectivity index (χ1v) is 12.4. The van der Waals surface area contributed by atoms with Crippen molar-refractivity contribution >= 4 is 23.2 Å². The van der Waals surface area contributed by atoms with E-state index in [-0.39, 0.29) is 0 Å². The minimum Gasteiger partial charge on any atom is -0.0795 e. The van der Waals surface area contributed by atoms with Crippen molar-refractivity contribution in [2.75, 3.05) is 0 Å². The number of aryl methyl sites for hydroxylation is 3. The second-order valence-electron chi connectivity index (χ2n) is 8.63. The topological polar surface area (TPSA) is 0 Å². The van der Waals surface area contributed by atoms with Crippen molar-refractivity contribution in [2.24, 2.45) is 0 Å². The predicted octanol–water partition coefficient (Wildman–Crippen LogP) is 9.20. The van der Waals surface area contributed by atoms with Crippen molar-refractivity contribution in [3.8, 4) is 0 Å². The van der Waals surface area contributed by atoms with Crippen LogP contribution in [0.2, 0.25) is 0 Å². The van der Waals surface area contributed by atoms with E-state index in [1.54, 1.807) is 0 Å². The van der Waals surface area contributed by atoms with Crippen molar-refractivity contribution in [1.82, 2.24) is 0 Å². The normalized spacial score (nSPS) is 11.3. The van der Waals surface area contributed by atoms with Gasteiger partial charge in [0.15, 0.2) is 0 Å². The van der Waals surface area contributed by atoms with Gasteiger partial charge in [0.25, 0.3) is 0 Å². The number of thiocarbonyl (C=S) groups is 1. The van der Waals surface area contributed by atoms with Gasteiger partial charge in [0.1, 0.15) is 0 Å². The number of rotatable bonds is 14. The fourth-order valence-electron chi connectivity index (χ4n) is 4.00. The Labute approximate surface area is 190 Å². The van der Waals surface area contributed by atoms with Crippen LogP contribution >= 0.6 is 12.2 Å². The molecule has 0 radical (unpaired) electrons. The number of hydrogen-bond donors (Lipinski definition) is 0. The van der Waals surface area contributed by atoms with E-state index in [9.17, 15) is 0 Å². The Hall–Kier alpha value is -1.73. The van der Waals surface area contributed by atoms with Crippen molar-refractivity contribution in [3.63, 3.8) is 0 Å². The lowest BCUT2D eigenvalue weighted by Gasteiger charge is -2.06. The Morgan fingerprint density at radius 3 is 1.83 bits per heavy atom. The third kappa shape index (κ3) is 8.96. The molecule has 0 atom stereocenters. The second kappa shape index (κ2) is 14.3. The Balaban J connectivity index is 1.68. The number of hydrogen-bond acceptors (Lipinski definition) is 1. The average molecular weight is 421 g/mol. The SMILES string of the molecule is CCCCCCCCCCCCc1ccc(C(=S)C=Cc2c(C)cccc2C)cc1. The fourth-order valence-corrected chi connectivity index (χ4v) is 4.20. The Kier molecular flexibility index (Phi) is 11.7. The van der Waals surface area contributed by atoms with Gasteiger partial charge in [-0.25, -0.2) is 0 Å². The highest BCUT2D eigenvalue weighted by Gasteiger charge is 2.01. The smallest absolute Gasteiger partial charge is 0.0449 e. The summed E-state index contributed by atoms with van der Waals surface area (Å²) in [4.78, 5) is 0.906. The largest absolute Gasteiger partial charge is 0.0795 e. The van der Waals surface area contributed by atoms with Crippen LogP contribution in [-0.4, -0.2) is 4.86 Å². The Morgan fingerprint density at radius 1 is 0.733 bits per heavy atom. The second-order valence-corrected chi connectivity index (χ2v) is 9.07. The van der Waals surface area contributed by atoms with E-state index in [0.29, 0.717) is 0 Å². The molecule has 1 heteroatoms. The van der Waals surface area contributed by atoms with Crippen molar-refractivity contribution in [3.05, 3.63) is 76.4 Å². The van der Waals surface area contributed by atoms with Crippen LogP contribution in [0.1, 0.15) is 98.9 Å². The van der Waals surface area contributed by atoms with Gasteiger partial charge in [0.05, 0.1) is 0 Å². The standard InChI is InChI=1S/C29H40S/c1-4-5-6-7-8-9-10-11-12-13-17-26-18-20-27(21-19-26)29(30)23-22-28-24(2)15-14-16-25(28)3/h14-16,18-23H,4-13,17H2,1-3H3. The van der Waals surface area contributed by atoms with Gasteiger partial charge in [-0.15, -0.1) is 0 Å². The number of allylic oxidation sites excluding steroid dienone is 1. The highest BCUT2D eigenvalue weighted by atomic mass is 32.1. The highest BCUT2D eigenvalue weighted by molar-refractivity contribution is 7.81. The van der Waals surface area contributed by atoms with Crippen LogP contribution in [0.15, 0.2) is 48.5 Å². The summed E-state index contributed by atoms with van der Waals surface area (Å²) < 4.78 is 0. The quantitative estimate of drug-likeness (QED) is 0.127. The zero-order valence-corrected chi connectivity index (χ0v) is 20.2. The minimum atomic E-state index is 0.906. The highest BCUT2D eigenvalue weighted by Crippen LogP contribution is 2.17. The zero-order valence-electron chi connectivity index (χ0n) is 19.4. The Bertz CT molecular complexity index is 762. The van der Waals surface area contributed by atoms with E-state index in [0.717, 1.165) is 10.4 Å². The van der Waals surface area contributed by atoms with E-state index in [1.807, 2.05) is 0 Å². The molecule has 2 rings (SSSR count). The van der Waals surface area contributed by atoms with E-state index in [4.69, 9.17) is 12.2 Å². The molecule has 0 aliphatic rings. The molecule has 0 N–H and O–H groups in total. The van der Waals surface area contributed by atoms with Crippen LogP contribution in [0.4, 0.5) is 0 Å². The van der Waals surface area contributed by atoms with E-state index in [1.165, 1.54) is 92.9 Å². The maximum atomic E-state index is 5.64. The van der Waals surface area contributed by atoms with Gasteiger partial charge >= 0.3 is 0 Å². The first-order chi connectivity index (χ1) is 14.6. The molecule has 0 amide bonds. The van der Waals surface area contributed by atoms with Gasteiger partial charge in [0, 0.05) is 4.86 Å². The average Bonchev–Trinajstić information content (AvgIpc) is 2.75. The summed E-state index contributed by atoms with van der Waals surface area (Å²) in [7, 11) is 0. The molecular formula is C29H40S. The molecule has 0 saturated heterocycles. The van der Waals surface area contributed by atoms with Crippen LogP contribution in [0.25, 0.3) is 6.08 Å². The zero-order chi connectivity index (χ0) is 21.6. The molecule has 2 aromatic rings. The molecule has 0 aliphatic carbocycles. The molecule has 0 aromatic heterocycles. The van der Waals surface area contributed by atoms with E-state index >= 15 is 0 Å². The van der Waals surface area contributed by atoms with E-state index < -0.39 is 0 Å². The lowest BCUT2D eigenvalue weighted by Crippen LogP contribution is -1.94. The molecule has 2 aromatic carbocycles. The molecule has 0 spiro atoms. The molecule has 0 unspecified atom stereocenters. The maximum Gasteiger partial charge on any atom is 0.0449 e. The summed E-state index contributed by atoms with van der Waals surface area (Å²) in [6.45, 7) is 6.59. The van der Waals surface area contributed by atoms with Gasteiger partial charge < -0.3 is 0 Å². The molecular weight excluding hydrogens is 380 g/mol. The summed E-state index contributed by atoms with van der Waals surface area (Å²) in [5, 5.41) is 0. The summed E-state index contributed by atoms with van der Waals surface area (Å²) in [6, 6.07) is 15.3. The van der Waals surface area contributed by atoms with Crippen LogP contribution < -0.4 is 0 Å². The maximum absolute atomic E-state index is 5.64. The van der Waals surface area contributed by atoms with Gasteiger partial charge in [-0.05, 0) is 60.6 Å². The van der Waals surface area contributed by atoms with Crippen LogP contribution in [0.5, 0.6) is 0 Å². The van der Waals surface area contributed by atoms with Gasteiger partial charge in [0.2, 0.25) is 0 Å². The third-order valence-electron chi connectivity index (χ3n) is 6.00. The first-order valence-electron chi connectivity index (χ1n) is 12.0. The summed E-state index contributed by atoms with van der Waals surface area (Å²) >= 11 is 5.64. The Morgan fingerprint density at radius 2 is 1.27 bits per heavy atom. The van der Waals surface area contributed by atoms with Gasteiger partial charge in [-0.3, -0.25) is 0 Å². The third-order valence-corrected chi connectivity index (χ3v) is 6.37. The molecule has 0 aliphatic heterocycles. The van der Waals surface area contributed by atoms with Crippen LogP contribution in [0, 0.1) is 13.8 Å². The predicted molar refractivity (Wildman–Crippen MR) is 139 cm³/mol. The van der Waals surface area contributed by atoms with Crippen molar-refractivity contribution in [2.45, 2.75) is 91.4 Å². The molecule has 0 saturated carbocycles. The minimum absolute atomic E-state index is 0.906. The molecule has 0 bridgehead atoms. The molecule has 30 heavy (non-hydrogen) atoms. The van der Waals surface area contributed by atoms with Crippen LogP contribution in [-0.2, 0) is 6.42 Å².